The zero-order valence-corrected chi connectivity index (χ0v) is 18.8. The van der Waals surface area contributed by atoms with Gasteiger partial charge >= 0.3 is 0 Å². The predicted molar refractivity (Wildman–Crippen MR) is 127 cm³/mol. The number of piperidine rings is 1. The SMILES string of the molecule is O=C(c1cc2nc(-c3cccc4[nH]ncc34)nc(N3CCOCC3)c2s1)N1CCC(O)CC1. The van der Waals surface area contributed by atoms with Gasteiger partial charge in [-0.05, 0) is 25.0 Å². The van der Waals surface area contributed by atoms with Gasteiger partial charge in [-0.3, -0.25) is 9.89 Å². The molecule has 6 rings (SSSR count). The van der Waals surface area contributed by atoms with Crippen LogP contribution in [0.25, 0.3) is 32.5 Å². The standard InChI is InChI=1S/C23H24N6O3S/c30-14-4-6-29(7-5-14)23(31)19-12-18-20(33-19)22(28-8-10-32-11-9-28)26-21(25-18)15-2-1-3-17-16(15)13-24-27-17/h1-3,12-14,30H,4-11H2,(H,24,27). The number of thiophene rings is 1. The molecule has 2 saturated heterocycles. The summed E-state index contributed by atoms with van der Waals surface area (Å²) in [5, 5.41) is 17.9. The number of rotatable bonds is 3. The topological polar surface area (TPSA) is 107 Å². The minimum absolute atomic E-state index is 0.00341. The van der Waals surface area contributed by atoms with Crippen molar-refractivity contribution in [1.82, 2.24) is 25.1 Å². The maximum atomic E-state index is 13.2. The van der Waals surface area contributed by atoms with E-state index in [1.807, 2.05) is 29.2 Å². The van der Waals surface area contributed by atoms with Crippen LogP contribution >= 0.6 is 11.3 Å². The van der Waals surface area contributed by atoms with E-state index in [9.17, 15) is 9.90 Å². The number of amides is 1. The molecule has 0 bridgehead atoms. The van der Waals surface area contributed by atoms with Crippen LogP contribution in [0, 0.1) is 0 Å². The highest BCUT2D eigenvalue weighted by Crippen LogP contribution is 2.36. The van der Waals surface area contributed by atoms with E-state index in [1.165, 1.54) is 11.3 Å². The summed E-state index contributed by atoms with van der Waals surface area (Å²) >= 11 is 1.45. The molecule has 0 atom stereocenters. The molecule has 1 amide bonds. The van der Waals surface area contributed by atoms with E-state index in [-0.39, 0.29) is 12.0 Å². The maximum absolute atomic E-state index is 13.2. The third kappa shape index (κ3) is 3.73. The van der Waals surface area contributed by atoms with E-state index < -0.39 is 0 Å². The van der Waals surface area contributed by atoms with Crippen LogP contribution in [-0.4, -0.2) is 81.6 Å². The highest BCUT2D eigenvalue weighted by atomic mass is 32.1. The van der Waals surface area contributed by atoms with Crippen molar-refractivity contribution < 1.29 is 14.6 Å². The number of morpholine rings is 1. The summed E-state index contributed by atoms with van der Waals surface area (Å²) in [6.07, 6.45) is 2.71. The van der Waals surface area contributed by atoms with Gasteiger partial charge in [-0.2, -0.15) is 5.10 Å². The lowest BCUT2D eigenvalue weighted by molar-refractivity contribution is 0.0550. The van der Waals surface area contributed by atoms with E-state index >= 15 is 0 Å². The molecule has 170 valence electrons. The predicted octanol–water partition coefficient (Wildman–Crippen LogP) is 2.67. The fourth-order valence-electron chi connectivity index (χ4n) is 4.52. The first-order valence-electron chi connectivity index (χ1n) is 11.2. The number of aromatic amines is 1. The number of aromatic nitrogens is 4. The summed E-state index contributed by atoms with van der Waals surface area (Å²) in [5.41, 5.74) is 2.60. The summed E-state index contributed by atoms with van der Waals surface area (Å²) < 4.78 is 6.47. The summed E-state index contributed by atoms with van der Waals surface area (Å²) in [5.74, 6) is 1.46. The fourth-order valence-corrected chi connectivity index (χ4v) is 5.60. The molecule has 2 fully saturated rings. The first kappa shape index (κ1) is 20.5. The number of fused-ring (bicyclic) bond motifs is 2. The molecule has 1 aromatic carbocycles. The number of benzene rings is 1. The number of carbonyl (C=O) groups is 1. The number of anilines is 1. The van der Waals surface area contributed by atoms with E-state index in [0.717, 1.165) is 45.6 Å². The molecule has 4 aromatic rings. The van der Waals surface area contributed by atoms with Crippen LogP contribution in [0.2, 0.25) is 0 Å². The lowest BCUT2D eigenvalue weighted by atomic mass is 10.1. The molecule has 2 aliphatic rings. The van der Waals surface area contributed by atoms with Crippen molar-refractivity contribution in [3.05, 3.63) is 35.3 Å². The van der Waals surface area contributed by atoms with Crippen LogP contribution in [0.3, 0.4) is 0 Å². The number of carbonyl (C=O) groups excluding carboxylic acids is 1. The van der Waals surface area contributed by atoms with Gasteiger partial charge in [0.1, 0.15) is 0 Å². The molecule has 9 nitrogen and oxygen atoms in total. The molecular formula is C23H24N6O3S. The Hall–Kier alpha value is -3.08. The molecule has 3 aromatic heterocycles. The van der Waals surface area contributed by atoms with Crippen LogP contribution in [-0.2, 0) is 4.74 Å². The van der Waals surface area contributed by atoms with Gasteiger partial charge in [0.05, 0.1) is 46.1 Å². The second-order valence-electron chi connectivity index (χ2n) is 8.46. The van der Waals surface area contributed by atoms with Crippen molar-refractivity contribution in [3.63, 3.8) is 0 Å². The van der Waals surface area contributed by atoms with Gasteiger partial charge in [0, 0.05) is 37.1 Å². The number of hydrogen-bond acceptors (Lipinski definition) is 8. The molecule has 33 heavy (non-hydrogen) atoms. The van der Waals surface area contributed by atoms with Crippen molar-refractivity contribution in [2.24, 2.45) is 0 Å². The lowest BCUT2D eigenvalue weighted by Gasteiger charge is -2.29. The van der Waals surface area contributed by atoms with Gasteiger partial charge in [0.25, 0.3) is 5.91 Å². The Labute approximate surface area is 194 Å². The van der Waals surface area contributed by atoms with E-state index in [4.69, 9.17) is 14.7 Å². The summed E-state index contributed by atoms with van der Waals surface area (Å²) in [4.78, 5) is 27.8. The second kappa shape index (κ2) is 8.36. The first-order chi connectivity index (χ1) is 16.2. The summed E-state index contributed by atoms with van der Waals surface area (Å²) in [6.45, 7) is 3.92. The third-order valence-corrected chi connectivity index (χ3v) is 7.46. The van der Waals surface area contributed by atoms with Crippen LogP contribution in [0.1, 0.15) is 22.5 Å². The molecule has 0 radical (unpaired) electrons. The molecule has 0 spiro atoms. The van der Waals surface area contributed by atoms with Gasteiger partial charge in [-0.15, -0.1) is 11.3 Å². The Kier molecular flexibility index (Phi) is 5.20. The number of likely N-dealkylation sites (tertiary alicyclic amines) is 1. The Bertz CT molecular complexity index is 1320. The Morgan fingerprint density at radius 3 is 2.79 bits per heavy atom. The molecule has 10 heteroatoms. The second-order valence-corrected chi connectivity index (χ2v) is 9.51. The maximum Gasteiger partial charge on any atom is 0.264 e. The number of aliphatic hydroxyl groups excluding tert-OH is 1. The third-order valence-electron chi connectivity index (χ3n) is 6.35. The number of nitrogens with zero attached hydrogens (tertiary/aromatic N) is 5. The minimum Gasteiger partial charge on any atom is -0.393 e. The highest BCUT2D eigenvalue weighted by Gasteiger charge is 2.26. The van der Waals surface area contributed by atoms with Crippen LogP contribution in [0.15, 0.2) is 30.5 Å². The average Bonchev–Trinajstić information content (AvgIpc) is 3.51. The first-order valence-corrected chi connectivity index (χ1v) is 12.0. The van der Waals surface area contributed by atoms with Gasteiger partial charge in [-0.1, -0.05) is 12.1 Å². The Morgan fingerprint density at radius 1 is 1.15 bits per heavy atom. The molecule has 5 heterocycles. The van der Waals surface area contributed by atoms with Crippen LogP contribution in [0.4, 0.5) is 5.82 Å². The van der Waals surface area contributed by atoms with E-state index in [2.05, 4.69) is 15.1 Å². The van der Waals surface area contributed by atoms with Crippen molar-refractivity contribution >= 4 is 44.2 Å². The molecule has 0 saturated carbocycles. The average molecular weight is 465 g/mol. The molecule has 2 N–H and O–H groups in total. The van der Waals surface area contributed by atoms with Gasteiger partial charge in [-0.25, -0.2) is 9.97 Å². The van der Waals surface area contributed by atoms with Crippen molar-refractivity contribution in [2.45, 2.75) is 18.9 Å². The van der Waals surface area contributed by atoms with E-state index in [0.29, 0.717) is 49.8 Å². The van der Waals surface area contributed by atoms with E-state index in [1.54, 1.807) is 6.20 Å². The largest absolute Gasteiger partial charge is 0.393 e. The summed E-state index contributed by atoms with van der Waals surface area (Å²) in [6, 6.07) is 7.83. The zero-order valence-electron chi connectivity index (χ0n) is 18.0. The number of ether oxygens (including phenoxy) is 1. The van der Waals surface area contributed by atoms with Crippen LogP contribution < -0.4 is 4.90 Å². The van der Waals surface area contributed by atoms with Crippen molar-refractivity contribution in [1.29, 1.82) is 0 Å². The van der Waals surface area contributed by atoms with Gasteiger partial charge < -0.3 is 19.6 Å². The number of aliphatic hydroxyl groups is 1. The normalized spacial score (nSPS) is 17.8. The van der Waals surface area contributed by atoms with Gasteiger partial charge in [0.2, 0.25) is 0 Å². The highest BCUT2D eigenvalue weighted by molar-refractivity contribution is 7.21. The lowest BCUT2D eigenvalue weighted by Crippen LogP contribution is -2.39. The molecule has 2 aliphatic heterocycles. The van der Waals surface area contributed by atoms with Crippen LogP contribution in [0.5, 0.6) is 0 Å². The summed E-state index contributed by atoms with van der Waals surface area (Å²) in [7, 11) is 0. The Morgan fingerprint density at radius 2 is 1.97 bits per heavy atom. The Balaban J connectivity index is 1.46. The van der Waals surface area contributed by atoms with Gasteiger partial charge in [0.15, 0.2) is 11.6 Å². The fraction of sp³-hybridized carbons (Fsp3) is 0.391. The number of H-pyrrole nitrogens is 1. The zero-order chi connectivity index (χ0) is 22.4. The molecular weight excluding hydrogens is 440 g/mol. The number of hydrogen-bond donors (Lipinski definition) is 2. The van der Waals surface area contributed by atoms with Crippen molar-refractivity contribution in [3.8, 4) is 11.4 Å². The smallest absolute Gasteiger partial charge is 0.264 e. The number of nitrogens with one attached hydrogen (secondary N) is 1. The molecule has 0 unspecified atom stereocenters. The van der Waals surface area contributed by atoms with Crippen molar-refractivity contribution in [2.75, 3.05) is 44.3 Å². The minimum atomic E-state index is -0.316. The molecule has 0 aliphatic carbocycles. The quantitative estimate of drug-likeness (QED) is 0.480. The monoisotopic (exact) mass is 464 g/mol.